The number of hydrogen-bond acceptors (Lipinski definition) is 5. The number of rotatable bonds is 6. The molecule has 0 amide bonds. The van der Waals surface area contributed by atoms with Crippen molar-refractivity contribution in [1.82, 2.24) is 14.9 Å². The fourth-order valence-corrected chi connectivity index (χ4v) is 2.99. The molecule has 0 fully saturated rings. The quantitative estimate of drug-likeness (QED) is 0.500. The molecule has 3 rings (SSSR count). The summed E-state index contributed by atoms with van der Waals surface area (Å²) in [6, 6.07) is 8.91. The maximum absolute atomic E-state index is 6.18. The lowest BCUT2D eigenvalue weighted by Crippen LogP contribution is -2.00. The first-order valence-electron chi connectivity index (χ1n) is 7.40. The maximum Gasteiger partial charge on any atom is 0.162 e. The molecule has 1 aromatic heterocycles. The summed E-state index contributed by atoms with van der Waals surface area (Å²) in [6.07, 6.45) is 4.65. The molecule has 0 bridgehead atoms. The van der Waals surface area contributed by atoms with Gasteiger partial charge in [0.1, 0.15) is 19.3 Å². The van der Waals surface area contributed by atoms with Crippen molar-refractivity contribution in [3.63, 3.8) is 0 Å². The highest BCUT2D eigenvalue weighted by Gasteiger charge is 2.11. The second-order valence-electron chi connectivity index (χ2n) is 5.14. The van der Waals surface area contributed by atoms with Crippen molar-refractivity contribution >= 4 is 45.3 Å². The van der Waals surface area contributed by atoms with Gasteiger partial charge in [-0.05, 0) is 40.2 Å². The fraction of sp³-hybridized carbons (Fsp3) is 0.118. The lowest BCUT2D eigenvalue weighted by molar-refractivity contribution is 0.284. The van der Waals surface area contributed by atoms with Gasteiger partial charge in [-0.1, -0.05) is 29.3 Å². The lowest BCUT2D eigenvalue weighted by atomic mass is 10.2. The molecule has 0 spiro atoms. The van der Waals surface area contributed by atoms with E-state index in [9.17, 15) is 0 Å². The number of halogens is 3. The molecule has 0 aliphatic heterocycles. The van der Waals surface area contributed by atoms with Crippen molar-refractivity contribution in [2.75, 3.05) is 7.11 Å². The average molecular weight is 456 g/mol. The van der Waals surface area contributed by atoms with Crippen LogP contribution in [0.25, 0.3) is 0 Å². The molecule has 0 saturated carbocycles. The standard InChI is InChI=1S/C17H13BrCl2N4O2/c1-25-16-4-12(7-23-24-9-21-22-10-24)14(18)6-17(16)26-8-11-2-3-13(19)5-15(11)20/h2-7,9-10H,8H2,1H3/b23-7-. The zero-order valence-corrected chi connectivity index (χ0v) is 16.7. The molecule has 3 aromatic rings. The lowest BCUT2D eigenvalue weighted by Gasteiger charge is -2.13. The van der Waals surface area contributed by atoms with E-state index in [4.69, 9.17) is 32.7 Å². The van der Waals surface area contributed by atoms with Gasteiger partial charge in [-0.25, -0.2) is 4.68 Å². The van der Waals surface area contributed by atoms with Gasteiger partial charge in [-0.3, -0.25) is 0 Å². The van der Waals surface area contributed by atoms with Crippen molar-refractivity contribution in [2.24, 2.45) is 5.10 Å². The monoisotopic (exact) mass is 454 g/mol. The van der Waals surface area contributed by atoms with E-state index in [0.717, 1.165) is 15.6 Å². The summed E-state index contributed by atoms with van der Waals surface area (Å²) in [5, 5.41) is 12.7. The molecular formula is C17H13BrCl2N4O2. The van der Waals surface area contributed by atoms with Gasteiger partial charge in [0, 0.05) is 25.6 Å². The third-order valence-electron chi connectivity index (χ3n) is 3.42. The number of benzene rings is 2. The van der Waals surface area contributed by atoms with Crippen molar-refractivity contribution in [1.29, 1.82) is 0 Å². The molecular weight excluding hydrogens is 443 g/mol. The Morgan fingerprint density at radius 2 is 1.92 bits per heavy atom. The first-order valence-corrected chi connectivity index (χ1v) is 8.95. The van der Waals surface area contributed by atoms with E-state index < -0.39 is 0 Å². The van der Waals surface area contributed by atoms with Gasteiger partial charge in [0.05, 0.1) is 13.3 Å². The first-order chi connectivity index (χ1) is 12.6. The van der Waals surface area contributed by atoms with E-state index in [1.165, 1.54) is 17.3 Å². The molecule has 134 valence electrons. The van der Waals surface area contributed by atoms with Crippen LogP contribution in [0.1, 0.15) is 11.1 Å². The van der Waals surface area contributed by atoms with E-state index >= 15 is 0 Å². The van der Waals surface area contributed by atoms with Crippen LogP contribution in [0, 0.1) is 0 Å². The highest BCUT2D eigenvalue weighted by molar-refractivity contribution is 9.10. The highest BCUT2D eigenvalue weighted by atomic mass is 79.9. The highest BCUT2D eigenvalue weighted by Crippen LogP contribution is 2.34. The molecule has 0 unspecified atom stereocenters. The molecule has 6 nitrogen and oxygen atoms in total. The van der Waals surface area contributed by atoms with Crippen LogP contribution in [0.4, 0.5) is 0 Å². The van der Waals surface area contributed by atoms with E-state index in [2.05, 4.69) is 31.2 Å². The molecule has 0 aliphatic carbocycles. The molecule has 26 heavy (non-hydrogen) atoms. The van der Waals surface area contributed by atoms with Gasteiger partial charge in [0.15, 0.2) is 11.5 Å². The predicted octanol–water partition coefficient (Wildman–Crippen LogP) is 4.82. The largest absolute Gasteiger partial charge is 0.493 e. The van der Waals surface area contributed by atoms with Crippen molar-refractivity contribution in [3.05, 3.63) is 68.6 Å². The van der Waals surface area contributed by atoms with Gasteiger partial charge in [0.2, 0.25) is 0 Å². The minimum absolute atomic E-state index is 0.285. The van der Waals surface area contributed by atoms with Crippen LogP contribution < -0.4 is 9.47 Å². The van der Waals surface area contributed by atoms with Crippen molar-refractivity contribution in [3.8, 4) is 11.5 Å². The Morgan fingerprint density at radius 3 is 2.62 bits per heavy atom. The summed E-state index contributed by atoms with van der Waals surface area (Å²) in [4.78, 5) is 0. The second kappa shape index (κ2) is 8.53. The smallest absolute Gasteiger partial charge is 0.162 e. The van der Waals surface area contributed by atoms with E-state index in [1.807, 2.05) is 18.2 Å². The molecule has 0 saturated heterocycles. The van der Waals surface area contributed by atoms with Crippen LogP contribution in [0.3, 0.4) is 0 Å². The van der Waals surface area contributed by atoms with Crippen LogP contribution in [-0.4, -0.2) is 28.2 Å². The first kappa shape index (κ1) is 18.7. The molecule has 0 radical (unpaired) electrons. The summed E-state index contributed by atoms with van der Waals surface area (Å²) in [5.41, 5.74) is 1.64. The summed E-state index contributed by atoms with van der Waals surface area (Å²) in [5.74, 6) is 1.15. The minimum atomic E-state index is 0.285. The van der Waals surface area contributed by atoms with Crippen LogP contribution in [0.2, 0.25) is 10.0 Å². The number of hydrogen-bond donors (Lipinski definition) is 0. The second-order valence-corrected chi connectivity index (χ2v) is 6.83. The molecule has 0 N–H and O–H groups in total. The Labute approximate surface area is 168 Å². The van der Waals surface area contributed by atoms with Crippen LogP contribution in [0.15, 0.2) is 52.6 Å². The average Bonchev–Trinajstić information content (AvgIpc) is 3.13. The fourth-order valence-electron chi connectivity index (χ4n) is 2.10. The molecule has 0 aliphatic rings. The Hall–Kier alpha value is -2.09. The number of methoxy groups -OCH3 is 1. The Morgan fingerprint density at radius 1 is 1.15 bits per heavy atom. The number of ether oxygens (including phenoxy) is 2. The van der Waals surface area contributed by atoms with Gasteiger partial charge < -0.3 is 9.47 Å². The van der Waals surface area contributed by atoms with Gasteiger partial charge in [0.25, 0.3) is 0 Å². The van der Waals surface area contributed by atoms with E-state index in [0.29, 0.717) is 21.5 Å². The van der Waals surface area contributed by atoms with Crippen molar-refractivity contribution < 1.29 is 9.47 Å². The Bertz CT molecular complexity index is 933. The van der Waals surface area contributed by atoms with E-state index in [1.54, 1.807) is 25.5 Å². The third kappa shape index (κ3) is 4.55. The Balaban J connectivity index is 1.80. The predicted molar refractivity (Wildman–Crippen MR) is 105 cm³/mol. The normalized spacial score (nSPS) is 11.1. The summed E-state index contributed by atoms with van der Waals surface area (Å²) >= 11 is 15.6. The van der Waals surface area contributed by atoms with Gasteiger partial charge in [-0.2, -0.15) is 5.10 Å². The Kier molecular flexibility index (Phi) is 6.13. The number of nitrogens with zero attached hydrogens (tertiary/aromatic N) is 4. The van der Waals surface area contributed by atoms with Crippen LogP contribution in [-0.2, 0) is 6.61 Å². The molecule has 9 heteroatoms. The molecule has 2 aromatic carbocycles. The number of aromatic nitrogens is 3. The SMILES string of the molecule is COc1cc(/C=N\n2cnnc2)c(Br)cc1OCc1ccc(Cl)cc1Cl. The van der Waals surface area contributed by atoms with Gasteiger partial charge in [-0.15, -0.1) is 10.2 Å². The van der Waals surface area contributed by atoms with E-state index in [-0.39, 0.29) is 6.61 Å². The van der Waals surface area contributed by atoms with Crippen molar-refractivity contribution in [2.45, 2.75) is 6.61 Å². The summed E-state index contributed by atoms with van der Waals surface area (Å²) in [7, 11) is 1.58. The minimum Gasteiger partial charge on any atom is -0.493 e. The van der Waals surface area contributed by atoms with Gasteiger partial charge >= 0.3 is 0 Å². The summed E-state index contributed by atoms with van der Waals surface area (Å²) in [6.45, 7) is 0.285. The summed E-state index contributed by atoms with van der Waals surface area (Å²) < 4.78 is 13.6. The molecule has 1 heterocycles. The molecule has 0 atom stereocenters. The zero-order valence-electron chi connectivity index (χ0n) is 13.6. The van der Waals surface area contributed by atoms with Crippen LogP contribution >= 0.6 is 39.1 Å². The third-order valence-corrected chi connectivity index (χ3v) is 4.69. The maximum atomic E-state index is 6.18. The topological polar surface area (TPSA) is 61.5 Å². The van der Waals surface area contributed by atoms with Crippen LogP contribution in [0.5, 0.6) is 11.5 Å². The zero-order chi connectivity index (χ0) is 18.5.